The Kier molecular flexibility index (Phi) is 7.92. The van der Waals surface area contributed by atoms with Gasteiger partial charge in [-0.25, -0.2) is 0 Å². The van der Waals surface area contributed by atoms with Crippen molar-refractivity contribution in [2.45, 2.75) is 32.7 Å². The highest BCUT2D eigenvalue weighted by molar-refractivity contribution is 5.79. The van der Waals surface area contributed by atoms with E-state index in [1.807, 2.05) is 37.3 Å². The van der Waals surface area contributed by atoms with E-state index in [4.69, 9.17) is 10.5 Å². The average Bonchev–Trinajstić information content (AvgIpc) is 2.50. The number of carbonyl (C=O) groups excluding carboxylic acids is 1. The van der Waals surface area contributed by atoms with Crippen molar-refractivity contribution in [3.63, 3.8) is 0 Å². The largest absolute Gasteiger partial charge is 0.380 e. The minimum absolute atomic E-state index is 0.0274. The number of carbonyl (C=O) groups is 1. The van der Waals surface area contributed by atoms with Crippen LogP contribution in [0.3, 0.4) is 0 Å². The van der Waals surface area contributed by atoms with E-state index in [-0.39, 0.29) is 17.9 Å². The molecule has 112 valence electrons. The van der Waals surface area contributed by atoms with Gasteiger partial charge in [-0.3, -0.25) is 4.79 Å². The van der Waals surface area contributed by atoms with Crippen LogP contribution in [0.5, 0.6) is 0 Å². The molecule has 1 aromatic rings. The minimum Gasteiger partial charge on any atom is -0.380 e. The number of rotatable bonds is 9. The van der Waals surface area contributed by atoms with Crippen LogP contribution >= 0.6 is 0 Å². The predicted molar refractivity (Wildman–Crippen MR) is 81.3 cm³/mol. The molecule has 0 aliphatic heterocycles. The van der Waals surface area contributed by atoms with E-state index >= 15 is 0 Å². The molecule has 3 N–H and O–H groups in total. The Balaban J connectivity index is 2.28. The summed E-state index contributed by atoms with van der Waals surface area (Å²) in [6, 6.07) is 9.42. The van der Waals surface area contributed by atoms with E-state index in [1.54, 1.807) is 0 Å². The first kappa shape index (κ1) is 16.7. The first-order valence-corrected chi connectivity index (χ1v) is 7.32. The quantitative estimate of drug-likeness (QED) is 0.681. The van der Waals surface area contributed by atoms with Crippen LogP contribution in [-0.4, -0.2) is 25.7 Å². The monoisotopic (exact) mass is 278 g/mol. The summed E-state index contributed by atoms with van der Waals surface area (Å²) in [6.07, 6.45) is 2.18. The molecule has 4 heteroatoms. The normalized spacial score (nSPS) is 13.8. The summed E-state index contributed by atoms with van der Waals surface area (Å²) in [5, 5.41) is 2.87. The molecule has 1 rings (SSSR count). The number of nitrogens with two attached hydrogens (primary N) is 1. The van der Waals surface area contributed by atoms with Crippen molar-refractivity contribution in [2.24, 2.45) is 11.7 Å². The molecule has 0 fully saturated rings. The van der Waals surface area contributed by atoms with Crippen LogP contribution in [-0.2, 0) is 9.53 Å². The molecule has 0 radical (unpaired) electrons. The summed E-state index contributed by atoms with van der Waals surface area (Å²) in [4.78, 5) is 12.0. The van der Waals surface area contributed by atoms with Gasteiger partial charge < -0.3 is 15.8 Å². The molecule has 2 atom stereocenters. The Morgan fingerprint density at radius 3 is 2.65 bits per heavy atom. The predicted octanol–water partition coefficient (Wildman–Crippen LogP) is 2.26. The zero-order valence-corrected chi connectivity index (χ0v) is 12.5. The highest BCUT2D eigenvalue weighted by atomic mass is 16.5. The summed E-state index contributed by atoms with van der Waals surface area (Å²) >= 11 is 0. The zero-order valence-electron chi connectivity index (χ0n) is 12.5. The first-order chi connectivity index (χ1) is 9.66. The molecule has 0 bridgehead atoms. The molecule has 0 heterocycles. The van der Waals surface area contributed by atoms with Crippen LogP contribution in [0, 0.1) is 5.92 Å². The second kappa shape index (κ2) is 9.50. The molecule has 0 aliphatic carbocycles. The van der Waals surface area contributed by atoms with Crippen molar-refractivity contribution in [3.05, 3.63) is 35.9 Å². The topological polar surface area (TPSA) is 64.3 Å². The minimum atomic E-state index is -0.280. The third kappa shape index (κ3) is 5.72. The van der Waals surface area contributed by atoms with Crippen LogP contribution in [0.25, 0.3) is 0 Å². The number of ether oxygens (including phenoxy) is 1. The van der Waals surface area contributed by atoms with Crippen LogP contribution in [0.2, 0.25) is 0 Å². The summed E-state index contributed by atoms with van der Waals surface area (Å²) < 4.78 is 5.40. The van der Waals surface area contributed by atoms with Gasteiger partial charge in [-0.15, -0.1) is 0 Å². The number of unbranched alkanes of at least 4 members (excludes halogenated alkanes) is 1. The van der Waals surface area contributed by atoms with Gasteiger partial charge >= 0.3 is 0 Å². The second-order valence-corrected chi connectivity index (χ2v) is 4.98. The van der Waals surface area contributed by atoms with Crippen molar-refractivity contribution in [1.82, 2.24) is 5.32 Å². The highest BCUT2D eigenvalue weighted by Crippen LogP contribution is 2.18. The van der Waals surface area contributed by atoms with E-state index in [9.17, 15) is 4.79 Å². The lowest BCUT2D eigenvalue weighted by Crippen LogP contribution is -2.37. The van der Waals surface area contributed by atoms with Crippen molar-refractivity contribution in [1.29, 1.82) is 0 Å². The molecule has 0 spiro atoms. The fourth-order valence-corrected chi connectivity index (χ4v) is 1.88. The van der Waals surface area contributed by atoms with Crippen LogP contribution in [0.15, 0.2) is 30.3 Å². The Labute approximate surface area is 121 Å². The molecular weight excluding hydrogens is 252 g/mol. The molecule has 1 amide bonds. The standard InChI is InChI=1S/C16H26N2O2/c1-3-4-11-20-12-10-18-16(19)13(2)15(17)14-8-6-5-7-9-14/h5-9,13,15H,3-4,10-12,17H2,1-2H3,(H,18,19). The summed E-state index contributed by atoms with van der Waals surface area (Å²) in [6.45, 7) is 5.82. The first-order valence-electron chi connectivity index (χ1n) is 7.32. The maximum absolute atomic E-state index is 12.0. The third-order valence-corrected chi connectivity index (χ3v) is 3.32. The Morgan fingerprint density at radius 1 is 1.30 bits per heavy atom. The van der Waals surface area contributed by atoms with Gasteiger partial charge in [0, 0.05) is 19.2 Å². The number of hydrogen-bond acceptors (Lipinski definition) is 3. The van der Waals surface area contributed by atoms with Crippen molar-refractivity contribution in [3.8, 4) is 0 Å². The Hall–Kier alpha value is -1.39. The fraction of sp³-hybridized carbons (Fsp3) is 0.562. The number of hydrogen-bond donors (Lipinski definition) is 2. The summed E-state index contributed by atoms with van der Waals surface area (Å²) in [7, 11) is 0. The zero-order chi connectivity index (χ0) is 14.8. The van der Waals surface area contributed by atoms with E-state index in [0.717, 1.165) is 25.0 Å². The fourth-order valence-electron chi connectivity index (χ4n) is 1.88. The average molecular weight is 278 g/mol. The Morgan fingerprint density at radius 2 is 2.00 bits per heavy atom. The maximum Gasteiger partial charge on any atom is 0.224 e. The molecule has 0 aromatic heterocycles. The highest BCUT2D eigenvalue weighted by Gasteiger charge is 2.21. The van der Waals surface area contributed by atoms with Gasteiger partial charge in [-0.2, -0.15) is 0 Å². The van der Waals surface area contributed by atoms with E-state index in [1.165, 1.54) is 0 Å². The molecular formula is C16H26N2O2. The van der Waals surface area contributed by atoms with Crippen molar-refractivity contribution < 1.29 is 9.53 Å². The van der Waals surface area contributed by atoms with E-state index in [2.05, 4.69) is 12.2 Å². The smallest absolute Gasteiger partial charge is 0.224 e. The lowest BCUT2D eigenvalue weighted by Gasteiger charge is -2.19. The Bertz CT molecular complexity index is 381. The van der Waals surface area contributed by atoms with Gasteiger partial charge in [-0.1, -0.05) is 50.6 Å². The molecule has 0 saturated heterocycles. The molecule has 1 aromatic carbocycles. The van der Waals surface area contributed by atoms with Crippen molar-refractivity contribution in [2.75, 3.05) is 19.8 Å². The SMILES string of the molecule is CCCCOCCNC(=O)C(C)C(N)c1ccccc1. The van der Waals surface area contributed by atoms with Gasteiger partial charge in [0.15, 0.2) is 0 Å². The molecule has 2 unspecified atom stereocenters. The number of benzene rings is 1. The number of nitrogens with one attached hydrogen (secondary N) is 1. The van der Waals surface area contributed by atoms with Gasteiger partial charge in [-0.05, 0) is 12.0 Å². The third-order valence-electron chi connectivity index (χ3n) is 3.32. The van der Waals surface area contributed by atoms with Gasteiger partial charge in [0.2, 0.25) is 5.91 Å². The van der Waals surface area contributed by atoms with Crippen LogP contribution in [0.4, 0.5) is 0 Å². The second-order valence-electron chi connectivity index (χ2n) is 4.98. The van der Waals surface area contributed by atoms with Crippen LogP contribution < -0.4 is 11.1 Å². The maximum atomic E-state index is 12.0. The lowest BCUT2D eigenvalue weighted by molar-refractivity contribution is -0.125. The summed E-state index contributed by atoms with van der Waals surface area (Å²) in [5.41, 5.74) is 7.10. The van der Waals surface area contributed by atoms with E-state index in [0.29, 0.717) is 13.2 Å². The summed E-state index contributed by atoms with van der Waals surface area (Å²) in [5.74, 6) is -0.284. The molecule has 0 aliphatic rings. The molecule has 4 nitrogen and oxygen atoms in total. The van der Waals surface area contributed by atoms with Crippen LogP contribution in [0.1, 0.15) is 38.3 Å². The molecule has 20 heavy (non-hydrogen) atoms. The molecule has 0 saturated carbocycles. The lowest BCUT2D eigenvalue weighted by atomic mass is 9.95. The number of amides is 1. The van der Waals surface area contributed by atoms with E-state index < -0.39 is 0 Å². The van der Waals surface area contributed by atoms with Gasteiger partial charge in [0.05, 0.1) is 12.5 Å². The van der Waals surface area contributed by atoms with Gasteiger partial charge in [0.1, 0.15) is 0 Å². The van der Waals surface area contributed by atoms with Crippen molar-refractivity contribution >= 4 is 5.91 Å². The van der Waals surface area contributed by atoms with Gasteiger partial charge in [0.25, 0.3) is 0 Å².